The summed E-state index contributed by atoms with van der Waals surface area (Å²) in [6.45, 7) is 4.22. The molecule has 0 aromatic heterocycles. The molecule has 0 aliphatic heterocycles. The van der Waals surface area contributed by atoms with Crippen molar-refractivity contribution in [2.45, 2.75) is 36.8 Å². The Labute approximate surface area is 121 Å². The molecule has 1 unspecified atom stereocenters. The van der Waals surface area contributed by atoms with E-state index in [0.29, 0.717) is 10.8 Å². The van der Waals surface area contributed by atoms with Crippen LogP contribution in [0.25, 0.3) is 0 Å². The first-order valence-electron chi connectivity index (χ1n) is 6.89. The maximum Gasteiger partial charge on any atom is 0.182 e. The lowest BCUT2D eigenvalue weighted by atomic mass is 9.99. The molecule has 0 amide bonds. The van der Waals surface area contributed by atoms with E-state index in [0.717, 1.165) is 17.5 Å². The summed E-state index contributed by atoms with van der Waals surface area (Å²) in [5.41, 5.74) is 1.91. The topological polar surface area (TPSA) is 34.1 Å². The molecule has 2 nitrogen and oxygen atoms in total. The molecule has 2 aromatic rings. The van der Waals surface area contributed by atoms with E-state index in [-0.39, 0.29) is 5.75 Å². The van der Waals surface area contributed by atoms with Crippen LogP contribution in [-0.4, -0.2) is 8.42 Å². The molecule has 0 bridgehead atoms. The monoisotopic (exact) mass is 288 g/mol. The molecular weight excluding hydrogens is 268 g/mol. The van der Waals surface area contributed by atoms with E-state index in [1.54, 1.807) is 6.07 Å². The zero-order valence-corrected chi connectivity index (χ0v) is 12.7. The Hall–Kier alpha value is -1.61. The van der Waals surface area contributed by atoms with Crippen LogP contribution < -0.4 is 0 Å². The van der Waals surface area contributed by atoms with Gasteiger partial charge < -0.3 is 0 Å². The van der Waals surface area contributed by atoms with Gasteiger partial charge in [-0.15, -0.1) is 0 Å². The SMILES string of the molecule is CCC(C)c1cccc(S(=O)(=O)Cc2ccccc2)c1. The van der Waals surface area contributed by atoms with Crippen LogP contribution in [0.5, 0.6) is 0 Å². The highest BCUT2D eigenvalue weighted by atomic mass is 32.2. The van der Waals surface area contributed by atoms with Crippen LogP contribution in [0.4, 0.5) is 0 Å². The van der Waals surface area contributed by atoms with Crippen molar-refractivity contribution in [1.82, 2.24) is 0 Å². The van der Waals surface area contributed by atoms with Crippen molar-refractivity contribution in [3.8, 4) is 0 Å². The Morgan fingerprint density at radius 3 is 2.35 bits per heavy atom. The Bertz CT molecular complexity index is 660. The average molecular weight is 288 g/mol. The second kappa shape index (κ2) is 6.23. The molecule has 20 heavy (non-hydrogen) atoms. The van der Waals surface area contributed by atoms with Gasteiger partial charge >= 0.3 is 0 Å². The number of benzene rings is 2. The number of rotatable bonds is 5. The molecule has 0 aliphatic carbocycles. The molecule has 0 spiro atoms. The summed E-state index contributed by atoms with van der Waals surface area (Å²) in [5.74, 6) is 0.430. The molecule has 2 rings (SSSR count). The normalized spacial score (nSPS) is 13.1. The number of hydrogen-bond donors (Lipinski definition) is 0. The smallest absolute Gasteiger partial charge is 0.182 e. The summed E-state index contributed by atoms with van der Waals surface area (Å²) < 4.78 is 24.9. The lowest BCUT2D eigenvalue weighted by Crippen LogP contribution is -2.06. The second-order valence-corrected chi connectivity index (χ2v) is 7.12. The highest BCUT2D eigenvalue weighted by Gasteiger charge is 2.16. The first-order chi connectivity index (χ1) is 9.53. The predicted octanol–water partition coefficient (Wildman–Crippen LogP) is 4.17. The quantitative estimate of drug-likeness (QED) is 0.827. The minimum absolute atomic E-state index is 0.0534. The minimum Gasteiger partial charge on any atom is -0.223 e. The summed E-state index contributed by atoms with van der Waals surface area (Å²) in [6, 6.07) is 16.6. The molecular formula is C17H20O2S. The first kappa shape index (κ1) is 14.8. The lowest BCUT2D eigenvalue weighted by molar-refractivity contribution is 0.595. The zero-order valence-electron chi connectivity index (χ0n) is 11.9. The van der Waals surface area contributed by atoms with Gasteiger partial charge in [0.2, 0.25) is 0 Å². The van der Waals surface area contributed by atoms with Crippen LogP contribution in [0.15, 0.2) is 59.5 Å². The third-order valence-corrected chi connectivity index (χ3v) is 5.28. The van der Waals surface area contributed by atoms with Gasteiger partial charge in [-0.3, -0.25) is 0 Å². The molecule has 106 valence electrons. The van der Waals surface area contributed by atoms with Crippen molar-refractivity contribution < 1.29 is 8.42 Å². The molecule has 0 radical (unpaired) electrons. The maximum atomic E-state index is 12.5. The van der Waals surface area contributed by atoms with Gasteiger partial charge in [-0.05, 0) is 35.6 Å². The van der Waals surface area contributed by atoms with E-state index in [1.807, 2.05) is 48.5 Å². The Balaban J connectivity index is 2.30. The van der Waals surface area contributed by atoms with Crippen LogP contribution in [-0.2, 0) is 15.6 Å². The van der Waals surface area contributed by atoms with Gasteiger partial charge in [0.1, 0.15) is 0 Å². The number of sulfone groups is 1. The Morgan fingerprint density at radius 2 is 1.70 bits per heavy atom. The van der Waals surface area contributed by atoms with E-state index in [4.69, 9.17) is 0 Å². The maximum absolute atomic E-state index is 12.5. The van der Waals surface area contributed by atoms with Crippen LogP contribution in [0.2, 0.25) is 0 Å². The van der Waals surface area contributed by atoms with Crippen LogP contribution >= 0.6 is 0 Å². The van der Waals surface area contributed by atoms with Gasteiger partial charge in [0.25, 0.3) is 0 Å². The van der Waals surface area contributed by atoms with E-state index in [2.05, 4.69) is 13.8 Å². The molecule has 0 N–H and O–H groups in total. The summed E-state index contributed by atoms with van der Waals surface area (Å²) in [4.78, 5) is 0.416. The molecule has 0 saturated heterocycles. The molecule has 0 heterocycles. The van der Waals surface area contributed by atoms with E-state index in [9.17, 15) is 8.42 Å². The van der Waals surface area contributed by atoms with Gasteiger partial charge in [-0.1, -0.05) is 56.3 Å². The van der Waals surface area contributed by atoms with Crippen molar-refractivity contribution in [2.75, 3.05) is 0 Å². The molecule has 1 atom stereocenters. The third-order valence-electron chi connectivity index (χ3n) is 3.60. The summed E-state index contributed by atoms with van der Waals surface area (Å²) >= 11 is 0. The van der Waals surface area contributed by atoms with Gasteiger partial charge in [0, 0.05) is 0 Å². The van der Waals surface area contributed by atoms with Gasteiger partial charge in [-0.2, -0.15) is 0 Å². The summed E-state index contributed by atoms with van der Waals surface area (Å²) in [6.07, 6.45) is 1.00. The van der Waals surface area contributed by atoms with Gasteiger partial charge in [-0.25, -0.2) is 8.42 Å². The van der Waals surface area contributed by atoms with Gasteiger partial charge in [0.15, 0.2) is 9.84 Å². The van der Waals surface area contributed by atoms with Crippen molar-refractivity contribution in [3.05, 3.63) is 65.7 Å². The highest BCUT2D eigenvalue weighted by Crippen LogP contribution is 2.23. The average Bonchev–Trinajstić information content (AvgIpc) is 2.47. The van der Waals surface area contributed by atoms with Crippen molar-refractivity contribution in [3.63, 3.8) is 0 Å². The zero-order chi connectivity index (χ0) is 14.6. The van der Waals surface area contributed by atoms with E-state index >= 15 is 0 Å². The van der Waals surface area contributed by atoms with E-state index in [1.165, 1.54) is 0 Å². The van der Waals surface area contributed by atoms with Crippen molar-refractivity contribution in [1.29, 1.82) is 0 Å². The largest absolute Gasteiger partial charge is 0.223 e. The second-order valence-electron chi connectivity index (χ2n) is 5.13. The highest BCUT2D eigenvalue weighted by molar-refractivity contribution is 7.90. The molecule has 0 aliphatic rings. The Morgan fingerprint density at radius 1 is 1.00 bits per heavy atom. The van der Waals surface area contributed by atoms with E-state index < -0.39 is 9.84 Å². The lowest BCUT2D eigenvalue weighted by Gasteiger charge is -2.11. The third kappa shape index (κ3) is 3.48. The minimum atomic E-state index is -3.28. The fourth-order valence-corrected chi connectivity index (χ4v) is 3.53. The van der Waals surface area contributed by atoms with Crippen LogP contribution in [0.3, 0.4) is 0 Å². The molecule has 0 saturated carbocycles. The van der Waals surface area contributed by atoms with Crippen molar-refractivity contribution in [2.24, 2.45) is 0 Å². The van der Waals surface area contributed by atoms with Crippen LogP contribution in [0.1, 0.15) is 37.3 Å². The predicted molar refractivity (Wildman–Crippen MR) is 82.5 cm³/mol. The standard InChI is InChI=1S/C17H20O2S/c1-3-14(2)16-10-7-11-17(12-16)20(18,19)13-15-8-5-4-6-9-15/h4-12,14H,3,13H2,1-2H3. The van der Waals surface area contributed by atoms with Gasteiger partial charge in [0.05, 0.1) is 10.6 Å². The molecule has 2 aromatic carbocycles. The fraction of sp³-hybridized carbons (Fsp3) is 0.294. The summed E-state index contributed by atoms with van der Waals surface area (Å²) in [5, 5.41) is 0. The fourth-order valence-electron chi connectivity index (χ4n) is 2.13. The molecule has 3 heteroatoms. The van der Waals surface area contributed by atoms with Crippen molar-refractivity contribution >= 4 is 9.84 Å². The first-order valence-corrected chi connectivity index (χ1v) is 8.55. The summed E-state index contributed by atoms with van der Waals surface area (Å²) in [7, 11) is -3.28. The molecule has 0 fully saturated rings. The Kier molecular flexibility index (Phi) is 4.61. The van der Waals surface area contributed by atoms with Crippen LogP contribution in [0, 0.1) is 0 Å². The number of hydrogen-bond acceptors (Lipinski definition) is 2.